The Morgan fingerprint density at radius 2 is 1.62 bits per heavy atom. The van der Waals surface area contributed by atoms with E-state index < -0.39 is 6.04 Å². The van der Waals surface area contributed by atoms with Crippen molar-refractivity contribution in [2.24, 2.45) is 23.7 Å². The number of methoxy groups -OCH3 is 1. The van der Waals surface area contributed by atoms with Crippen LogP contribution >= 0.6 is 15.9 Å². The van der Waals surface area contributed by atoms with Gasteiger partial charge in [0.15, 0.2) is 0 Å². The topological polar surface area (TPSA) is 75.7 Å². The van der Waals surface area contributed by atoms with E-state index >= 15 is 0 Å². The molecule has 3 aliphatic rings. The van der Waals surface area contributed by atoms with Crippen molar-refractivity contribution in [3.63, 3.8) is 0 Å². The van der Waals surface area contributed by atoms with Crippen molar-refractivity contribution >= 4 is 39.3 Å². The summed E-state index contributed by atoms with van der Waals surface area (Å²) >= 11 is 3.38. The third kappa shape index (κ3) is 3.54. The number of hydrogen-bond acceptors (Lipinski definition) is 4. The van der Waals surface area contributed by atoms with Gasteiger partial charge in [0.1, 0.15) is 5.75 Å². The van der Waals surface area contributed by atoms with Gasteiger partial charge in [0, 0.05) is 10.2 Å². The average Bonchev–Trinajstić information content (AvgIpc) is 3.48. The number of halogens is 1. The second kappa shape index (κ2) is 8.20. The molecule has 0 aromatic heterocycles. The number of carbonyl (C=O) groups excluding carboxylic acids is 3. The van der Waals surface area contributed by atoms with Crippen LogP contribution < -0.4 is 10.1 Å². The summed E-state index contributed by atoms with van der Waals surface area (Å²) in [5, 5.41) is 2.88. The predicted octanol–water partition coefficient (Wildman–Crippen LogP) is 4.33. The van der Waals surface area contributed by atoms with Crippen molar-refractivity contribution in [1.29, 1.82) is 0 Å². The summed E-state index contributed by atoms with van der Waals surface area (Å²) in [6.07, 6.45) is 5.01. The molecule has 32 heavy (non-hydrogen) atoms. The number of likely N-dealkylation sites (tertiary alicyclic amines) is 1. The molecule has 164 valence electrons. The molecule has 5 rings (SSSR count). The lowest BCUT2D eigenvalue weighted by molar-refractivity contribution is -0.144. The first-order chi connectivity index (χ1) is 15.5. The SMILES string of the molecule is COc1ccc(C(CC(=O)Nc2ccc(Br)cc2)N2C(=O)C3C4C=CC(C4)C3C2=O)cc1. The van der Waals surface area contributed by atoms with E-state index in [4.69, 9.17) is 4.74 Å². The van der Waals surface area contributed by atoms with E-state index in [0.29, 0.717) is 11.4 Å². The summed E-state index contributed by atoms with van der Waals surface area (Å²) in [6.45, 7) is 0. The third-order valence-corrected chi connectivity index (χ3v) is 7.35. The number of anilines is 1. The Balaban J connectivity index is 1.43. The first-order valence-electron chi connectivity index (χ1n) is 10.7. The van der Waals surface area contributed by atoms with Crippen LogP contribution in [0.25, 0.3) is 0 Å². The largest absolute Gasteiger partial charge is 0.497 e. The van der Waals surface area contributed by atoms with Gasteiger partial charge in [-0.05, 0) is 60.2 Å². The van der Waals surface area contributed by atoms with Crippen LogP contribution in [0.15, 0.2) is 65.2 Å². The molecule has 1 N–H and O–H groups in total. The number of fused-ring (bicyclic) bond motifs is 5. The Morgan fingerprint density at radius 1 is 1.03 bits per heavy atom. The number of ether oxygens (including phenoxy) is 1. The summed E-state index contributed by atoms with van der Waals surface area (Å²) < 4.78 is 6.16. The molecule has 2 bridgehead atoms. The Kier molecular flexibility index (Phi) is 5.37. The molecule has 7 heteroatoms. The van der Waals surface area contributed by atoms with Crippen molar-refractivity contribution < 1.29 is 19.1 Å². The monoisotopic (exact) mass is 494 g/mol. The average molecular weight is 495 g/mol. The van der Waals surface area contributed by atoms with Crippen LogP contribution in [0.1, 0.15) is 24.4 Å². The maximum Gasteiger partial charge on any atom is 0.234 e. The first kappa shape index (κ1) is 20.9. The lowest BCUT2D eigenvalue weighted by Gasteiger charge is -2.28. The molecule has 0 spiro atoms. The minimum atomic E-state index is -0.665. The fourth-order valence-corrected chi connectivity index (χ4v) is 5.60. The smallest absolute Gasteiger partial charge is 0.234 e. The van der Waals surface area contributed by atoms with E-state index in [-0.39, 0.29) is 47.8 Å². The van der Waals surface area contributed by atoms with E-state index in [2.05, 4.69) is 33.4 Å². The number of nitrogens with zero attached hydrogens (tertiary/aromatic N) is 1. The van der Waals surface area contributed by atoms with Crippen molar-refractivity contribution in [2.45, 2.75) is 18.9 Å². The van der Waals surface area contributed by atoms with Gasteiger partial charge in [-0.1, -0.05) is 40.2 Å². The molecule has 2 aliphatic carbocycles. The summed E-state index contributed by atoms with van der Waals surface area (Å²) in [4.78, 5) is 41.1. The highest BCUT2D eigenvalue weighted by Crippen LogP contribution is 2.54. The normalized spacial score (nSPS) is 26.4. The molecule has 3 amide bonds. The molecule has 2 aromatic rings. The summed E-state index contributed by atoms with van der Waals surface area (Å²) in [7, 11) is 1.58. The second-order valence-electron chi connectivity index (χ2n) is 8.59. The molecule has 1 aliphatic heterocycles. The van der Waals surface area contributed by atoms with E-state index in [9.17, 15) is 14.4 Å². The van der Waals surface area contributed by atoms with Crippen molar-refractivity contribution in [3.8, 4) is 5.75 Å². The maximum absolute atomic E-state index is 13.4. The Labute approximate surface area is 194 Å². The fourth-order valence-electron chi connectivity index (χ4n) is 5.34. The van der Waals surface area contributed by atoms with Crippen LogP contribution in [0.5, 0.6) is 5.75 Å². The quantitative estimate of drug-likeness (QED) is 0.478. The number of nitrogens with one attached hydrogen (secondary N) is 1. The molecule has 1 saturated carbocycles. The highest BCUT2D eigenvalue weighted by molar-refractivity contribution is 9.10. The number of hydrogen-bond donors (Lipinski definition) is 1. The molecule has 2 aromatic carbocycles. The molecule has 1 heterocycles. The van der Waals surface area contributed by atoms with Crippen LogP contribution in [-0.2, 0) is 14.4 Å². The molecule has 6 nitrogen and oxygen atoms in total. The van der Waals surface area contributed by atoms with Gasteiger partial charge in [-0.2, -0.15) is 0 Å². The van der Waals surface area contributed by atoms with Crippen molar-refractivity contribution in [2.75, 3.05) is 12.4 Å². The van der Waals surface area contributed by atoms with E-state index in [1.165, 1.54) is 4.90 Å². The summed E-state index contributed by atoms with van der Waals surface area (Å²) in [6, 6.07) is 13.8. The number of imide groups is 1. The van der Waals surface area contributed by atoms with Gasteiger partial charge >= 0.3 is 0 Å². The Hall–Kier alpha value is -2.93. The molecule has 5 atom stereocenters. The molecule has 1 saturated heterocycles. The number of amides is 3. The standard InChI is InChI=1S/C25H23BrN2O4/c1-32-19-10-4-14(5-11-19)20(13-21(29)27-18-8-6-17(26)7-9-18)28-24(30)22-15-2-3-16(12-15)23(22)25(28)31/h2-11,15-16,20,22-23H,12-13H2,1H3,(H,27,29). The number of carbonyl (C=O) groups is 3. The Bertz CT molecular complexity index is 1070. The summed E-state index contributed by atoms with van der Waals surface area (Å²) in [5.41, 5.74) is 1.39. The second-order valence-corrected chi connectivity index (χ2v) is 9.51. The number of rotatable bonds is 6. The maximum atomic E-state index is 13.4. The van der Waals surface area contributed by atoms with Crippen LogP contribution in [0.3, 0.4) is 0 Å². The molecular weight excluding hydrogens is 472 g/mol. The van der Waals surface area contributed by atoms with E-state index in [1.807, 2.05) is 24.3 Å². The lowest BCUT2D eigenvalue weighted by atomic mass is 9.85. The molecule has 5 unspecified atom stereocenters. The predicted molar refractivity (Wildman–Crippen MR) is 123 cm³/mol. The van der Waals surface area contributed by atoms with Gasteiger partial charge in [-0.15, -0.1) is 0 Å². The van der Waals surface area contributed by atoms with E-state index in [1.54, 1.807) is 31.4 Å². The number of benzene rings is 2. The van der Waals surface area contributed by atoms with Gasteiger partial charge in [0.05, 0.1) is 31.4 Å². The zero-order valence-electron chi connectivity index (χ0n) is 17.5. The highest BCUT2D eigenvalue weighted by Gasteiger charge is 2.60. The highest BCUT2D eigenvalue weighted by atomic mass is 79.9. The van der Waals surface area contributed by atoms with Crippen LogP contribution in [0, 0.1) is 23.7 Å². The van der Waals surface area contributed by atoms with Gasteiger partial charge in [0.25, 0.3) is 0 Å². The number of allylic oxidation sites excluding steroid dienone is 2. The first-order valence-corrected chi connectivity index (χ1v) is 11.5. The molecule has 0 radical (unpaired) electrons. The molecular formula is C25H23BrN2O4. The van der Waals surface area contributed by atoms with Crippen molar-refractivity contribution in [3.05, 3.63) is 70.7 Å². The third-order valence-electron chi connectivity index (χ3n) is 6.82. The zero-order chi connectivity index (χ0) is 22.4. The lowest BCUT2D eigenvalue weighted by Crippen LogP contribution is -2.38. The fraction of sp³-hybridized carbons (Fsp3) is 0.320. The minimum Gasteiger partial charge on any atom is -0.497 e. The minimum absolute atomic E-state index is 0.0118. The van der Waals surface area contributed by atoms with Gasteiger partial charge < -0.3 is 10.1 Å². The summed E-state index contributed by atoms with van der Waals surface area (Å²) in [5.74, 6) is -0.250. The van der Waals surface area contributed by atoms with Gasteiger partial charge in [-0.25, -0.2) is 0 Å². The Morgan fingerprint density at radius 3 is 2.19 bits per heavy atom. The van der Waals surface area contributed by atoms with Crippen LogP contribution in [-0.4, -0.2) is 29.7 Å². The van der Waals surface area contributed by atoms with E-state index in [0.717, 1.165) is 16.5 Å². The zero-order valence-corrected chi connectivity index (χ0v) is 19.1. The van der Waals surface area contributed by atoms with Gasteiger partial charge in [0.2, 0.25) is 17.7 Å². The van der Waals surface area contributed by atoms with Gasteiger partial charge in [-0.3, -0.25) is 19.3 Å². The van der Waals surface area contributed by atoms with Crippen LogP contribution in [0.2, 0.25) is 0 Å². The van der Waals surface area contributed by atoms with Crippen LogP contribution in [0.4, 0.5) is 5.69 Å². The van der Waals surface area contributed by atoms with Crippen molar-refractivity contribution in [1.82, 2.24) is 4.90 Å². The molecule has 2 fully saturated rings.